The molecule has 26 heavy (non-hydrogen) atoms. The van der Waals surface area contributed by atoms with Gasteiger partial charge in [-0.05, 0) is 16.4 Å². The van der Waals surface area contributed by atoms with E-state index in [1.807, 2.05) is 78.0 Å². The van der Waals surface area contributed by atoms with Crippen molar-refractivity contribution in [3.63, 3.8) is 0 Å². The lowest BCUT2D eigenvalue weighted by molar-refractivity contribution is -0.134. The Balaban J connectivity index is 0.000000590. The molecule has 0 aromatic heterocycles. The van der Waals surface area contributed by atoms with Crippen molar-refractivity contribution in [3.05, 3.63) is 65.8 Å². The van der Waals surface area contributed by atoms with E-state index >= 15 is 0 Å². The van der Waals surface area contributed by atoms with E-state index in [-0.39, 0.29) is 10.8 Å². The maximum Gasteiger partial charge on any atom is 0.332 e. The van der Waals surface area contributed by atoms with Crippen molar-refractivity contribution in [2.24, 2.45) is 10.8 Å². The van der Waals surface area contributed by atoms with Crippen LogP contribution in [-0.2, 0) is 9.59 Å². The molecule has 0 atom stereocenters. The fraction of sp³-hybridized carbons (Fsp3) is 0.364. The normalized spacial score (nSPS) is 12.8. The van der Waals surface area contributed by atoms with Crippen LogP contribution in [0.2, 0.25) is 0 Å². The zero-order chi connectivity index (χ0) is 20.4. The van der Waals surface area contributed by atoms with E-state index in [0.717, 1.165) is 5.56 Å². The molecule has 0 amide bonds. The molecular formula is C22H30O4. The molecule has 0 aliphatic heterocycles. The van der Waals surface area contributed by atoms with Gasteiger partial charge in [-0.3, -0.25) is 0 Å². The number of carbonyl (C=O) groups is 2. The van der Waals surface area contributed by atoms with Gasteiger partial charge in [-0.15, -0.1) is 0 Å². The molecule has 1 aromatic carbocycles. The van der Waals surface area contributed by atoms with E-state index in [0.29, 0.717) is 5.57 Å². The highest BCUT2D eigenvalue weighted by Crippen LogP contribution is 2.25. The molecule has 1 aromatic rings. The molecule has 0 bridgehead atoms. The first kappa shape index (κ1) is 23.4. The van der Waals surface area contributed by atoms with E-state index < -0.39 is 11.9 Å². The Kier molecular flexibility index (Phi) is 9.34. The fourth-order valence-corrected chi connectivity index (χ4v) is 1.78. The Morgan fingerprint density at radius 2 is 1.46 bits per heavy atom. The monoisotopic (exact) mass is 358 g/mol. The lowest BCUT2D eigenvalue weighted by atomic mass is 9.86. The number of aliphatic carboxylic acids is 2. The highest BCUT2D eigenvalue weighted by atomic mass is 16.4. The highest BCUT2D eigenvalue weighted by molar-refractivity contribution is 5.88. The molecule has 0 unspecified atom stereocenters. The van der Waals surface area contributed by atoms with Crippen molar-refractivity contribution < 1.29 is 19.8 Å². The summed E-state index contributed by atoms with van der Waals surface area (Å²) in [7, 11) is 0. The van der Waals surface area contributed by atoms with Crippen LogP contribution in [0.25, 0.3) is 6.08 Å². The summed E-state index contributed by atoms with van der Waals surface area (Å²) in [6.07, 6.45) is 8.17. The molecular weight excluding hydrogens is 328 g/mol. The van der Waals surface area contributed by atoms with Crippen molar-refractivity contribution in [1.29, 1.82) is 0 Å². The van der Waals surface area contributed by atoms with Crippen LogP contribution in [0.4, 0.5) is 0 Å². The van der Waals surface area contributed by atoms with Crippen molar-refractivity contribution in [2.75, 3.05) is 0 Å². The first-order valence-electron chi connectivity index (χ1n) is 8.42. The third-order valence-corrected chi connectivity index (χ3v) is 3.12. The topological polar surface area (TPSA) is 74.6 Å². The van der Waals surface area contributed by atoms with E-state index in [1.54, 1.807) is 18.2 Å². The third-order valence-electron chi connectivity index (χ3n) is 3.12. The van der Waals surface area contributed by atoms with Gasteiger partial charge < -0.3 is 10.2 Å². The molecule has 4 heteroatoms. The standard InChI is InChI=1S/C15H18O2.C7H12O2/c1-15(2,3)13(14(16)17)11-7-10-12-8-5-4-6-9-12;1-7(2,3)5-4-6(8)9/h4-11H,1-3H3,(H,16,17);4-5H,1-3H3,(H,8,9). The number of allylic oxidation sites excluding steroid dienone is 3. The summed E-state index contributed by atoms with van der Waals surface area (Å²) in [5.74, 6) is -1.75. The summed E-state index contributed by atoms with van der Waals surface area (Å²) in [5.41, 5.74) is 1.08. The summed E-state index contributed by atoms with van der Waals surface area (Å²) in [4.78, 5) is 21.0. The summed E-state index contributed by atoms with van der Waals surface area (Å²) in [5, 5.41) is 17.3. The lowest BCUT2D eigenvalue weighted by Crippen LogP contribution is -2.17. The number of carboxylic acid groups (broad SMARTS) is 2. The maximum absolute atomic E-state index is 11.1. The van der Waals surface area contributed by atoms with E-state index in [9.17, 15) is 9.59 Å². The number of hydrogen-bond acceptors (Lipinski definition) is 2. The third kappa shape index (κ3) is 11.8. The Morgan fingerprint density at radius 3 is 1.81 bits per heavy atom. The Hall–Kier alpha value is -2.62. The van der Waals surface area contributed by atoms with Crippen LogP contribution in [0.15, 0.2) is 60.2 Å². The van der Waals surface area contributed by atoms with Crippen LogP contribution in [0.3, 0.4) is 0 Å². The Labute approximate surface area is 156 Å². The molecule has 142 valence electrons. The quantitative estimate of drug-likeness (QED) is 0.556. The molecule has 1 rings (SSSR count). The van der Waals surface area contributed by atoms with Gasteiger partial charge in [-0.2, -0.15) is 0 Å². The lowest BCUT2D eigenvalue weighted by Gasteiger charge is -2.18. The van der Waals surface area contributed by atoms with Gasteiger partial charge in [0.15, 0.2) is 0 Å². The van der Waals surface area contributed by atoms with E-state index in [4.69, 9.17) is 10.2 Å². The van der Waals surface area contributed by atoms with E-state index in [2.05, 4.69) is 0 Å². The summed E-state index contributed by atoms with van der Waals surface area (Å²) in [6, 6.07) is 9.80. The molecule has 0 heterocycles. The fourth-order valence-electron chi connectivity index (χ4n) is 1.78. The Morgan fingerprint density at radius 1 is 0.923 bits per heavy atom. The zero-order valence-electron chi connectivity index (χ0n) is 16.5. The molecule has 0 radical (unpaired) electrons. The second-order valence-electron chi connectivity index (χ2n) is 7.94. The summed E-state index contributed by atoms with van der Waals surface area (Å²) >= 11 is 0. The van der Waals surface area contributed by atoms with Crippen LogP contribution in [-0.4, -0.2) is 22.2 Å². The van der Waals surface area contributed by atoms with Crippen molar-refractivity contribution in [3.8, 4) is 0 Å². The largest absolute Gasteiger partial charge is 0.478 e. The molecule has 0 aliphatic rings. The van der Waals surface area contributed by atoms with Crippen molar-refractivity contribution in [2.45, 2.75) is 41.5 Å². The van der Waals surface area contributed by atoms with Crippen molar-refractivity contribution in [1.82, 2.24) is 0 Å². The molecule has 4 nitrogen and oxygen atoms in total. The van der Waals surface area contributed by atoms with Crippen LogP contribution in [0, 0.1) is 10.8 Å². The van der Waals surface area contributed by atoms with Crippen LogP contribution < -0.4 is 0 Å². The summed E-state index contributed by atoms with van der Waals surface area (Å²) in [6.45, 7) is 11.5. The number of hydrogen-bond donors (Lipinski definition) is 2. The van der Waals surface area contributed by atoms with Gasteiger partial charge in [0.25, 0.3) is 0 Å². The van der Waals surface area contributed by atoms with Gasteiger partial charge in [0.1, 0.15) is 0 Å². The predicted octanol–water partition coefficient (Wildman–Crippen LogP) is 5.43. The predicted molar refractivity (Wildman–Crippen MR) is 107 cm³/mol. The molecule has 0 spiro atoms. The van der Waals surface area contributed by atoms with E-state index in [1.165, 1.54) is 6.08 Å². The van der Waals surface area contributed by atoms with Gasteiger partial charge in [0.05, 0.1) is 0 Å². The molecule has 0 aliphatic carbocycles. The molecule has 0 fully saturated rings. The van der Waals surface area contributed by atoms with Gasteiger partial charge in [0.2, 0.25) is 0 Å². The minimum atomic E-state index is -0.884. The number of rotatable bonds is 4. The minimum absolute atomic E-state index is 0.0294. The second kappa shape index (κ2) is 10.4. The van der Waals surface area contributed by atoms with Gasteiger partial charge in [-0.1, -0.05) is 96.2 Å². The molecule has 0 saturated heterocycles. The van der Waals surface area contributed by atoms with Crippen molar-refractivity contribution >= 4 is 18.0 Å². The SMILES string of the molecule is CC(C)(C)C(=CC=Cc1ccccc1)C(=O)O.CC(C)(C)C=CC(=O)O. The van der Waals surface area contributed by atoms with Gasteiger partial charge in [0, 0.05) is 11.6 Å². The first-order valence-corrected chi connectivity index (χ1v) is 8.42. The average molecular weight is 358 g/mol. The van der Waals surface area contributed by atoms with Crippen LogP contribution in [0.1, 0.15) is 47.1 Å². The van der Waals surface area contributed by atoms with Gasteiger partial charge >= 0.3 is 11.9 Å². The van der Waals surface area contributed by atoms with Crippen LogP contribution >= 0.6 is 0 Å². The van der Waals surface area contributed by atoms with Gasteiger partial charge in [-0.25, -0.2) is 9.59 Å². The molecule has 2 N–H and O–H groups in total. The average Bonchev–Trinajstić information content (AvgIpc) is 2.49. The number of benzene rings is 1. The first-order chi connectivity index (χ1) is 11.8. The smallest absolute Gasteiger partial charge is 0.332 e. The highest BCUT2D eigenvalue weighted by Gasteiger charge is 2.22. The minimum Gasteiger partial charge on any atom is -0.478 e. The number of carboxylic acids is 2. The summed E-state index contributed by atoms with van der Waals surface area (Å²) < 4.78 is 0. The zero-order valence-corrected chi connectivity index (χ0v) is 16.5. The molecule has 0 saturated carbocycles. The van der Waals surface area contributed by atoms with Crippen LogP contribution in [0.5, 0.6) is 0 Å². The maximum atomic E-state index is 11.1. The Bertz CT molecular complexity index is 666. The second-order valence-corrected chi connectivity index (χ2v) is 7.94.